The number of nitrogens with one attached hydrogen (secondary N) is 2. The van der Waals surface area contributed by atoms with Gasteiger partial charge in [0.15, 0.2) is 0 Å². The smallest absolute Gasteiger partial charge is 0.271 e. The quantitative estimate of drug-likeness (QED) is 0.763. The Hall–Kier alpha value is -2.62. The Bertz CT molecular complexity index is 850. The molecule has 0 spiro atoms. The number of aromatic nitrogens is 2. The minimum Gasteiger partial charge on any atom is -0.351 e. The molecule has 1 aromatic heterocycles. The van der Waals surface area contributed by atoms with Crippen molar-refractivity contribution in [1.29, 1.82) is 0 Å². The predicted octanol–water partition coefficient (Wildman–Crippen LogP) is 2.83. The van der Waals surface area contributed by atoms with Crippen LogP contribution in [0.3, 0.4) is 0 Å². The molecule has 2 heterocycles. The first-order chi connectivity index (χ1) is 10.8. The first-order valence-corrected chi connectivity index (χ1v) is 7.63. The third-order valence-corrected chi connectivity index (χ3v) is 4.12. The lowest BCUT2D eigenvalue weighted by Gasteiger charge is -2.02. The molecule has 2 N–H and O–H groups in total. The Labute approximate surface area is 128 Å². The monoisotopic (exact) mass is 291 g/mol. The van der Waals surface area contributed by atoms with Crippen molar-refractivity contribution in [3.63, 3.8) is 0 Å². The van der Waals surface area contributed by atoms with Crippen molar-refractivity contribution in [2.75, 3.05) is 6.54 Å². The van der Waals surface area contributed by atoms with Gasteiger partial charge >= 0.3 is 0 Å². The molecule has 0 unspecified atom stereocenters. The third kappa shape index (κ3) is 2.37. The van der Waals surface area contributed by atoms with E-state index >= 15 is 0 Å². The molecule has 22 heavy (non-hydrogen) atoms. The lowest BCUT2D eigenvalue weighted by atomic mass is 10.1. The number of imidazole rings is 1. The lowest BCUT2D eigenvalue weighted by Crippen LogP contribution is -2.23. The van der Waals surface area contributed by atoms with Crippen LogP contribution in [-0.4, -0.2) is 22.4 Å². The summed E-state index contributed by atoms with van der Waals surface area (Å²) < 4.78 is 0. The molecule has 3 aromatic rings. The summed E-state index contributed by atoms with van der Waals surface area (Å²) in [5.41, 5.74) is 2.72. The van der Waals surface area contributed by atoms with E-state index in [-0.39, 0.29) is 5.91 Å². The maximum absolute atomic E-state index is 12.0. The number of nitrogens with zero attached hydrogens (tertiary/aromatic N) is 1. The molecule has 0 atom stereocenters. The average Bonchev–Trinajstić information content (AvgIpc) is 2.86. The van der Waals surface area contributed by atoms with Crippen LogP contribution < -0.4 is 5.32 Å². The van der Waals surface area contributed by atoms with Crippen molar-refractivity contribution in [1.82, 2.24) is 15.3 Å². The van der Waals surface area contributed by atoms with Gasteiger partial charge in [-0.3, -0.25) is 4.79 Å². The third-order valence-electron chi connectivity index (χ3n) is 4.12. The van der Waals surface area contributed by atoms with Crippen LogP contribution >= 0.6 is 0 Å². The van der Waals surface area contributed by atoms with Gasteiger partial charge in [-0.2, -0.15) is 0 Å². The number of rotatable bonds is 2. The Balaban J connectivity index is 1.65. The number of hydrogen-bond acceptors (Lipinski definition) is 2. The number of fused-ring (bicyclic) bond motifs is 2. The van der Waals surface area contributed by atoms with Gasteiger partial charge in [-0.25, -0.2) is 4.98 Å². The summed E-state index contributed by atoms with van der Waals surface area (Å²) in [7, 11) is 0. The van der Waals surface area contributed by atoms with E-state index in [0.717, 1.165) is 30.9 Å². The number of carbonyl (C=O) groups is 1. The van der Waals surface area contributed by atoms with Gasteiger partial charge in [0, 0.05) is 18.7 Å². The zero-order valence-electron chi connectivity index (χ0n) is 12.2. The van der Waals surface area contributed by atoms with Crippen molar-refractivity contribution in [2.45, 2.75) is 19.3 Å². The van der Waals surface area contributed by atoms with Crippen LogP contribution in [-0.2, 0) is 12.8 Å². The first-order valence-electron chi connectivity index (χ1n) is 7.63. The fourth-order valence-electron chi connectivity index (χ4n) is 3.01. The van der Waals surface area contributed by atoms with Crippen LogP contribution in [0.5, 0.6) is 0 Å². The Morgan fingerprint density at radius 2 is 1.95 bits per heavy atom. The van der Waals surface area contributed by atoms with Crippen molar-refractivity contribution < 1.29 is 4.79 Å². The van der Waals surface area contributed by atoms with Gasteiger partial charge < -0.3 is 10.3 Å². The van der Waals surface area contributed by atoms with Gasteiger partial charge in [0.05, 0.1) is 0 Å². The van der Waals surface area contributed by atoms with E-state index in [1.54, 1.807) is 0 Å². The van der Waals surface area contributed by atoms with Crippen LogP contribution in [0.15, 0.2) is 42.5 Å². The van der Waals surface area contributed by atoms with E-state index in [1.807, 2.05) is 12.1 Å². The van der Waals surface area contributed by atoms with Crippen LogP contribution in [0.4, 0.5) is 0 Å². The van der Waals surface area contributed by atoms with E-state index in [4.69, 9.17) is 0 Å². The molecule has 1 amide bonds. The van der Waals surface area contributed by atoms with E-state index in [2.05, 4.69) is 45.6 Å². The fraction of sp³-hybridized carbons (Fsp3) is 0.222. The molecule has 0 radical (unpaired) electrons. The molecule has 2 aromatic carbocycles. The summed E-state index contributed by atoms with van der Waals surface area (Å²) in [6, 6.07) is 14.8. The standard InChI is InChI=1S/C18H17N3O/c22-18-17-15(6-3-9-19-18)20-16(21-17)11-12-7-8-13-4-1-2-5-14(13)10-12/h1-2,4-5,7-8,10H,3,6,9,11H2,(H,19,22)(H,20,21). The zero-order valence-corrected chi connectivity index (χ0v) is 12.2. The Kier molecular flexibility index (Phi) is 3.15. The van der Waals surface area contributed by atoms with E-state index in [1.165, 1.54) is 16.3 Å². The predicted molar refractivity (Wildman–Crippen MR) is 86.0 cm³/mol. The van der Waals surface area contributed by atoms with Crippen LogP contribution in [0.25, 0.3) is 10.8 Å². The van der Waals surface area contributed by atoms with Crippen molar-refractivity contribution in [2.24, 2.45) is 0 Å². The largest absolute Gasteiger partial charge is 0.351 e. The molecule has 0 fully saturated rings. The molecule has 1 aliphatic heterocycles. The van der Waals surface area contributed by atoms with Crippen molar-refractivity contribution in [3.05, 3.63) is 65.2 Å². The van der Waals surface area contributed by atoms with Gasteiger partial charge in [-0.05, 0) is 29.2 Å². The topological polar surface area (TPSA) is 57.8 Å². The van der Waals surface area contributed by atoms with Crippen LogP contribution in [0, 0.1) is 0 Å². The minimum absolute atomic E-state index is 0.0616. The summed E-state index contributed by atoms with van der Waals surface area (Å²) in [6.07, 6.45) is 2.54. The summed E-state index contributed by atoms with van der Waals surface area (Å²) >= 11 is 0. The van der Waals surface area contributed by atoms with Crippen molar-refractivity contribution in [3.8, 4) is 0 Å². The number of carbonyl (C=O) groups excluding carboxylic acids is 1. The van der Waals surface area contributed by atoms with Crippen LogP contribution in [0.2, 0.25) is 0 Å². The van der Waals surface area contributed by atoms with E-state index in [0.29, 0.717) is 12.1 Å². The number of aromatic amines is 1. The molecule has 4 heteroatoms. The number of benzene rings is 2. The summed E-state index contributed by atoms with van der Waals surface area (Å²) in [6.45, 7) is 0.725. The molecule has 110 valence electrons. The Morgan fingerprint density at radius 3 is 2.86 bits per heavy atom. The van der Waals surface area contributed by atoms with Gasteiger partial charge in [0.1, 0.15) is 11.5 Å². The fourth-order valence-corrected chi connectivity index (χ4v) is 3.01. The second-order valence-corrected chi connectivity index (χ2v) is 5.73. The number of amides is 1. The van der Waals surface area contributed by atoms with E-state index < -0.39 is 0 Å². The summed E-state index contributed by atoms with van der Waals surface area (Å²) in [5.74, 6) is 0.797. The first kappa shape index (κ1) is 13.1. The minimum atomic E-state index is -0.0616. The molecule has 0 bridgehead atoms. The molecular formula is C18H17N3O. The van der Waals surface area contributed by atoms with Gasteiger partial charge in [-0.15, -0.1) is 0 Å². The molecule has 0 saturated heterocycles. The highest BCUT2D eigenvalue weighted by Gasteiger charge is 2.19. The highest BCUT2D eigenvalue weighted by molar-refractivity contribution is 5.93. The summed E-state index contributed by atoms with van der Waals surface area (Å²) in [4.78, 5) is 19.8. The molecule has 4 nitrogen and oxygen atoms in total. The number of aryl methyl sites for hydroxylation is 1. The van der Waals surface area contributed by atoms with Crippen LogP contribution in [0.1, 0.15) is 34.0 Å². The van der Waals surface area contributed by atoms with Gasteiger partial charge in [-0.1, -0.05) is 42.5 Å². The number of H-pyrrole nitrogens is 1. The molecule has 4 rings (SSSR count). The maximum atomic E-state index is 12.0. The average molecular weight is 291 g/mol. The maximum Gasteiger partial charge on any atom is 0.271 e. The SMILES string of the molecule is O=C1NCCCc2[nH]c(Cc3ccc4ccccc4c3)nc21. The molecular weight excluding hydrogens is 274 g/mol. The highest BCUT2D eigenvalue weighted by atomic mass is 16.1. The zero-order chi connectivity index (χ0) is 14.9. The van der Waals surface area contributed by atoms with E-state index in [9.17, 15) is 4.79 Å². The molecule has 1 aliphatic rings. The summed E-state index contributed by atoms with van der Waals surface area (Å²) in [5, 5.41) is 5.35. The second-order valence-electron chi connectivity index (χ2n) is 5.73. The molecule has 0 saturated carbocycles. The second kappa shape index (κ2) is 5.30. The number of hydrogen-bond donors (Lipinski definition) is 2. The lowest BCUT2D eigenvalue weighted by molar-refractivity contribution is 0.0951. The van der Waals surface area contributed by atoms with Gasteiger partial charge in [0.25, 0.3) is 5.91 Å². The Morgan fingerprint density at radius 1 is 1.09 bits per heavy atom. The van der Waals surface area contributed by atoms with Gasteiger partial charge in [0.2, 0.25) is 0 Å². The van der Waals surface area contributed by atoms with Crippen molar-refractivity contribution >= 4 is 16.7 Å². The molecule has 0 aliphatic carbocycles. The normalized spacial score (nSPS) is 14.5. The highest BCUT2D eigenvalue weighted by Crippen LogP contribution is 2.19.